The van der Waals surface area contributed by atoms with Gasteiger partial charge in [-0.05, 0) is 31.0 Å². The molecule has 0 aliphatic carbocycles. The molecule has 1 fully saturated rings. The van der Waals surface area contributed by atoms with Crippen LogP contribution >= 0.6 is 11.6 Å². The molecule has 0 radical (unpaired) electrons. The molecule has 0 bridgehead atoms. The highest BCUT2D eigenvalue weighted by molar-refractivity contribution is 6.30. The molecule has 4 heteroatoms. The molecule has 1 atom stereocenters. The molecule has 100 valence electrons. The van der Waals surface area contributed by atoms with Gasteiger partial charge < -0.3 is 5.32 Å². The second-order valence-corrected chi connectivity index (χ2v) is 5.60. The molecule has 0 saturated carbocycles. The van der Waals surface area contributed by atoms with E-state index in [1.54, 1.807) is 12.1 Å². The average Bonchev–Trinajstić information content (AvgIpc) is 2.37. The molecule has 1 unspecified atom stereocenters. The molecule has 18 heavy (non-hydrogen) atoms. The maximum atomic E-state index is 13.4. The first-order valence-electron chi connectivity index (χ1n) is 6.45. The number of benzene rings is 1. The largest absolute Gasteiger partial charge is 0.314 e. The summed E-state index contributed by atoms with van der Waals surface area (Å²) in [5, 5.41) is 3.62. The standard InChI is InChI=1S/C14H20ClFN2/c1-3-14(2)10-17-6-7-18(14)9-11-4-5-12(15)13(16)8-11/h4-5,8,17H,3,6-7,9-10H2,1-2H3. The fourth-order valence-corrected chi connectivity index (χ4v) is 2.55. The Bertz CT molecular complexity index is 424. The summed E-state index contributed by atoms with van der Waals surface area (Å²) in [6, 6.07) is 5.08. The van der Waals surface area contributed by atoms with Gasteiger partial charge in [-0.2, -0.15) is 0 Å². The lowest BCUT2D eigenvalue weighted by Crippen LogP contribution is -2.58. The first kappa shape index (κ1) is 13.8. The van der Waals surface area contributed by atoms with Crippen LogP contribution in [0, 0.1) is 5.82 Å². The van der Waals surface area contributed by atoms with Crippen molar-refractivity contribution in [2.75, 3.05) is 19.6 Å². The number of rotatable bonds is 3. The van der Waals surface area contributed by atoms with Crippen LogP contribution < -0.4 is 5.32 Å². The van der Waals surface area contributed by atoms with Gasteiger partial charge in [-0.15, -0.1) is 0 Å². The van der Waals surface area contributed by atoms with Crippen LogP contribution in [-0.2, 0) is 6.54 Å². The van der Waals surface area contributed by atoms with Gasteiger partial charge in [0.2, 0.25) is 0 Å². The Balaban J connectivity index is 2.13. The Labute approximate surface area is 113 Å². The van der Waals surface area contributed by atoms with Gasteiger partial charge in [0.1, 0.15) is 5.82 Å². The molecule has 1 saturated heterocycles. The van der Waals surface area contributed by atoms with Crippen molar-refractivity contribution in [3.63, 3.8) is 0 Å². The van der Waals surface area contributed by atoms with Crippen molar-refractivity contribution in [1.82, 2.24) is 10.2 Å². The molecule has 1 aliphatic heterocycles. The van der Waals surface area contributed by atoms with E-state index in [0.29, 0.717) is 0 Å². The molecule has 2 rings (SSSR count). The lowest BCUT2D eigenvalue weighted by molar-refractivity contribution is 0.0637. The third-order valence-corrected chi connectivity index (χ3v) is 4.25. The summed E-state index contributed by atoms with van der Waals surface area (Å²) in [5.74, 6) is -0.331. The Kier molecular flexibility index (Phi) is 4.25. The molecular weight excluding hydrogens is 251 g/mol. The van der Waals surface area contributed by atoms with Gasteiger partial charge in [0.15, 0.2) is 0 Å². The Morgan fingerprint density at radius 1 is 1.50 bits per heavy atom. The Morgan fingerprint density at radius 3 is 2.94 bits per heavy atom. The molecule has 1 heterocycles. The third kappa shape index (κ3) is 2.85. The van der Waals surface area contributed by atoms with Crippen LogP contribution in [0.4, 0.5) is 4.39 Å². The normalized spacial score (nSPS) is 25.3. The molecule has 1 aromatic carbocycles. The quantitative estimate of drug-likeness (QED) is 0.908. The van der Waals surface area contributed by atoms with Crippen molar-refractivity contribution in [1.29, 1.82) is 0 Å². The number of hydrogen-bond acceptors (Lipinski definition) is 2. The van der Waals surface area contributed by atoms with Crippen molar-refractivity contribution in [2.24, 2.45) is 0 Å². The Morgan fingerprint density at radius 2 is 2.28 bits per heavy atom. The van der Waals surface area contributed by atoms with Gasteiger partial charge in [-0.3, -0.25) is 4.90 Å². The zero-order valence-corrected chi connectivity index (χ0v) is 11.7. The van der Waals surface area contributed by atoms with Crippen LogP contribution in [0.1, 0.15) is 25.8 Å². The van der Waals surface area contributed by atoms with E-state index in [1.807, 2.05) is 6.07 Å². The van der Waals surface area contributed by atoms with Crippen LogP contribution in [0.5, 0.6) is 0 Å². The van der Waals surface area contributed by atoms with Crippen LogP contribution in [0.25, 0.3) is 0 Å². The SMILES string of the molecule is CCC1(C)CNCCN1Cc1ccc(Cl)c(F)c1. The zero-order chi connectivity index (χ0) is 13.2. The maximum absolute atomic E-state index is 13.4. The molecule has 0 spiro atoms. The summed E-state index contributed by atoms with van der Waals surface area (Å²) in [6.45, 7) is 8.20. The van der Waals surface area contributed by atoms with Crippen LogP contribution in [0.3, 0.4) is 0 Å². The molecule has 1 N–H and O–H groups in total. The molecule has 0 amide bonds. The highest BCUT2D eigenvalue weighted by atomic mass is 35.5. The minimum Gasteiger partial charge on any atom is -0.314 e. The number of hydrogen-bond donors (Lipinski definition) is 1. The maximum Gasteiger partial charge on any atom is 0.142 e. The van der Waals surface area contributed by atoms with Crippen molar-refractivity contribution in [3.8, 4) is 0 Å². The lowest BCUT2D eigenvalue weighted by atomic mass is 9.93. The fourth-order valence-electron chi connectivity index (χ4n) is 2.43. The Hall–Kier alpha value is -0.640. The summed E-state index contributed by atoms with van der Waals surface area (Å²) < 4.78 is 13.4. The fraction of sp³-hybridized carbons (Fsp3) is 0.571. The predicted molar refractivity (Wildman–Crippen MR) is 73.4 cm³/mol. The average molecular weight is 271 g/mol. The first-order chi connectivity index (χ1) is 8.55. The molecule has 1 aliphatic rings. The van der Waals surface area contributed by atoms with Crippen molar-refractivity contribution >= 4 is 11.6 Å². The highest BCUT2D eigenvalue weighted by Gasteiger charge is 2.32. The van der Waals surface area contributed by atoms with Gasteiger partial charge in [0, 0.05) is 31.7 Å². The smallest absolute Gasteiger partial charge is 0.142 e. The van der Waals surface area contributed by atoms with E-state index >= 15 is 0 Å². The minimum atomic E-state index is -0.331. The summed E-state index contributed by atoms with van der Waals surface area (Å²) in [5.41, 5.74) is 1.13. The lowest BCUT2D eigenvalue weighted by Gasteiger charge is -2.45. The molecular formula is C14H20ClFN2. The zero-order valence-electron chi connectivity index (χ0n) is 11.0. The van der Waals surface area contributed by atoms with Crippen LogP contribution in [0.15, 0.2) is 18.2 Å². The van der Waals surface area contributed by atoms with E-state index in [0.717, 1.165) is 38.2 Å². The number of nitrogens with one attached hydrogen (secondary N) is 1. The van der Waals surface area contributed by atoms with E-state index in [4.69, 9.17) is 11.6 Å². The highest BCUT2D eigenvalue weighted by Crippen LogP contribution is 2.24. The third-order valence-electron chi connectivity index (χ3n) is 3.95. The minimum absolute atomic E-state index is 0.147. The van der Waals surface area contributed by atoms with Gasteiger partial charge in [-0.25, -0.2) is 4.39 Å². The first-order valence-corrected chi connectivity index (χ1v) is 6.82. The molecule has 0 aromatic heterocycles. The van der Waals surface area contributed by atoms with E-state index in [2.05, 4.69) is 24.1 Å². The second-order valence-electron chi connectivity index (χ2n) is 5.20. The van der Waals surface area contributed by atoms with E-state index in [9.17, 15) is 4.39 Å². The van der Waals surface area contributed by atoms with Gasteiger partial charge in [0.05, 0.1) is 5.02 Å². The monoisotopic (exact) mass is 270 g/mol. The van der Waals surface area contributed by atoms with Gasteiger partial charge in [-0.1, -0.05) is 24.6 Å². The predicted octanol–water partition coefficient (Wildman–Crippen LogP) is 3.05. The summed E-state index contributed by atoms with van der Waals surface area (Å²) in [7, 11) is 0. The van der Waals surface area contributed by atoms with Crippen LogP contribution in [-0.4, -0.2) is 30.1 Å². The van der Waals surface area contributed by atoms with Gasteiger partial charge in [0.25, 0.3) is 0 Å². The summed E-state index contributed by atoms with van der Waals surface area (Å²) in [6.07, 6.45) is 1.08. The van der Waals surface area contributed by atoms with Crippen molar-refractivity contribution in [2.45, 2.75) is 32.4 Å². The summed E-state index contributed by atoms with van der Waals surface area (Å²) >= 11 is 5.71. The molecule has 1 aromatic rings. The summed E-state index contributed by atoms with van der Waals surface area (Å²) in [4.78, 5) is 2.42. The number of piperazine rings is 1. The molecule has 2 nitrogen and oxygen atoms in total. The van der Waals surface area contributed by atoms with E-state index in [1.165, 1.54) is 0 Å². The van der Waals surface area contributed by atoms with Crippen molar-refractivity contribution in [3.05, 3.63) is 34.6 Å². The van der Waals surface area contributed by atoms with E-state index < -0.39 is 0 Å². The van der Waals surface area contributed by atoms with Crippen molar-refractivity contribution < 1.29 is 4.39 Å². The number of nitrogens with zero attached hydrogens (tertiary/aromatic N) is 1. The second kappa shape index (κ2) is 5.55. The van der Waals surface area contributed by atoms with E-state index in [-0.39, 0.29) is 16.4 Å². The number of halogens is 2. The van der Waals surface area contributed by atoms with Gasteiger partial charge >= 0.3 is 0 Å². The van der Waals surface area contributed by atoms with Crippen LogP contribution in [0.2, 0.25) is 5.02 Å². The topological polar surface area (TPSA) is 15.3 Å².